The summed E-state index contributed by atoms with van der Waals surface area (Å²) in [7, 11) is 0. The van der Waals surface area contributed by atoms with Gasteiger partial charge in [0.2, 0.25) is 0 Å². The Morgan fingerprint density at radius 3 is 1.17 bits per heavy atom. The van der Waals surface area contributed by atoms with Gasteiger partial charge in [0.1, 0.15) is 0 Å². The second-order valence-corrected chi connectivity index (χ2v) is 5.47. The van der Waals surface area contributed by atoms with Crippen LogP contribution in [0.5, 0.6) is 0 Å². The molecule has 0 fully saturated rings. The first-order valence-electron chi connectivity index (χ1n) is 4.97. The van der Waals surface area contributed by atoms with Crippen molar-refractivity contribution < 1.29 is 19.4 Å². The van der Waals surface area contributed by atoms with E-state index in [-0.39, 0.29) is 23.5 Å². The van der Waals surface area contributed by atoms with E-state index in [1.807, 2.05) is 0 Å². The zero-order chi connectivity index (χ0) is 14.4. The summed E-state index contributed by atoms with van der Waals surface area (Å²) in [6.45, 7) is 2.98. The first-order valence-corrected chi connectivity index (χ1v) is 7.10. The summed E-state index contributed by atoms with van der Waals surface area (Å²) < 4.78 is 0. The smallest absolute Gasteiger partial charge is 0.247 e. The maximum atomic E-state index is 11.6. The molecule has 0 aromatic rings. The molecule has 0 aromatic heterocycles. The van der Waals surface area contributed by atoms with Crippen LogP contribution < -0.4 is 0 Å². The second-order valence-electron chi connectivity index (χ2n) is 4.40. The van der Waals surface area contributed by atoms with Crippen LogP contribution in [-0.2, 0) is 19.4 Å². The summed E-state index contributed by atoms with van der Waals surface area (Å²) in [5.74, 6) is -1.89. The summed E-state index contributed by atoms with van der Waals surface area (Å²) in [6, 6.07) is 0. The molecule has 0 heterocycles. The highest BCUT2D eigenvalue weighted by Gasteiger charge is 2.39. The van der Waals surface area contributed by atoms with Gasteiger partial charge in [-0.15, -0.1) is 46.4 Å². The molecule has 0 rings (SSSR count). The van der Waals surface area contributed by atoms with E-state index in [1.165, 1.54) is 13.8 Å². The standard InChI is InChI=1S/C10H14Cl4O4/c1-9(3-11,4-12)7(15)17-18-8(16)10(2,5-13)6-14/h3-6H2,1-2H3. The fourth-order valence-corrected chi connectivity index (χ4v) is 1.57. The third-order valence-electron chi connectivity index (χ3n) is 2.36. The van der Waals surface area contributed by atoms with Crippen molar-refractivity contribution in [3.05, 3.63) is 0 Å². The van der Waals surface area contributed by atoms with E-state index < -0.39 is 22.8 Å². The minimum Gasteiger partial charge on any atom is -0.247 e. The van der Waals surface area contributed by atoms with Crippen LogP contribution in [0, 0.1) is 10.8 Å². The third kappa shape index (κ3) is 4.34. The van der Waals surface area contributed by atoms with Crippen LogP contribution in [0.1, 0.15) is 13.8 Å². The van der Waals surface area contributed by atoms with Crippen molar-refractivity contribution in [2.24, 2.45) is 10.8 Å². The number of hydrogen-bond donors (Lipinski definition) is 0. The van der Waals surface area contributed by atoms with Gasteiger partial charge in [0.25, 0.3) is 0 Å². The first-order chi connectivity index (χ1) is 8.29. The van der Waals surface area contributed by atoms with Crippen LogP contribution >= 0.6 is 46.4 Å². The van der Waals surface area contributed by atoms with E-state index in [4.69, 9.17) is 46.4 Å². The molecule has 0 N–H and O–H groups in total. The van der Waals surface area contributed by atoms with Gasteiger partial charge >= 0.3 is 11.9 Å². The molecular weight excluding hydrogens is 326 g/mol. The van der Waals surface area contributed by atoms with Crippen LogP contribution in [0.4, 0.5) is 0 Å². The van der Waals surface area contributed by atoms with Crippen LogP contribution in [-0.4, -0.2) is 35.5 Å². The molecule has 0 bridgehead atoms. The van der Waals surface area contributed by atoms with E-state index >= 15 is 0 Å². The molecule has 0 aromatic carbocycles. The van der Waals surface area contributed by atoms with Crippen molar-refractivity contribution in [2.75, 3.05) is 23.5 Å². The lowest BCUT2D eigenvalue weighted by atomic mass is 9.96. The van der Waals surface area contributed by atoms with Crippen molar-refractivity contribution in [1.29, 1.82) is 0 Å². The summed E-state index contributed by atoms with van der Waals surface area (Å²) in [6.07, 6.45) is 0. The highest BCUT2D eigenvalue weighted by Crippen LogP contribution is 2.25. The molecule has 0 aliphatic carbocycles. The van der Waals surface area contributed by atoms with Crippen LogP contribution in [0.3, 0.4) is 0 Å². The monoisotopic (exact) mass is 338 g/mol. The summed E-state index contributed by atoms with van der Waals surface area (Å²) in [5, 5.41) is 0. The minimum atomic E-state index is -1.12. The zero-order valence-corrected chi connectivity index (χ0v) is 13.0. The van der Waals surface area contributed by atoms with Crippen molar-refractivity contribution in [1.82, 2.24) is 0 Å². The predicted octanol–water partition coefficient (Wildman–Crippen LogP) is 2.96. The lowest BCUT2D eigenvalue weighted by Crippen LogP contribution is -2.38. The fourth-order valence-electron chi connectivity index (χ4n) is 0.567. The molecular formula is C10H14Cl4O4. The Balaban J connectivity index is 4.51. The van der Waals surface area contributed by atoms with E-state index in [2.05, 4.69) is 9.78 Å². The Morgan fingerprint density at radius 2 is 1.00 bits per heavy atom. The molecule has 0 spiro atoms. The van der Waals surface area contributed by atoms with Crippen molar-refractivity contribution in [3.8, 4) is 0 Å². The molecule has 0 aliphatic rings. The summed E-state index contributed by atoms with van der Waals surface area (Å²) in [4.78, 5) is 32.1. The van der Waals surface area contributed by atoms with Gasteiger partial charge in [0, 0.05) is 23.5 Å². The van der Waals surface area contributed by atoms with Gasteiger partial charge in [-0.1, -0.05) is 0 Å². The van der Waals surface area contributed by atoms with Gasteiger partial charge in [-0.05, 0) is 13.8 Å². The molecule has 8 heteroatoms. The lowest BCUT2D eigenvalue weighted by Gasteiger charge is -2.23. The minimum absolute atomic E-state index is 0.0604. The number of rotatable bonds is 6. The van der Waals surface area contributed by atoms with Gasteiger partial charge in [0.15, 0.2) is 0 Å². The van der Waals surface area contributed by atoms with Gasteiger partial charge in [-0.2, -0.15) is 0 Å². The highest BCUT2D eigenvalue weighted by atomic mass is 35.5. The predicted molar refractivity (Wildman–Crippen MR) is 71.3 cm³/mol. The normalized spacial score (nSPS) is 12.1. The molecule has 0 amide bonds. The Hall–Kier alpha value is 0.1000. The Morgan fingerprint density at radius 1 is 0.778 bits per heavy atom. The highest BCUT2D eigenvalue weighted by molar-refractivity contribution is 6.24. The molecule has 106 valence electrons. The quantitative estimate of drug-likeness (QED) is 0.424. The topological polar surface area (TPSA) is 52.6 Å². The maximum Gasteiger partial charge on any atom is 0.363 e. The van der Waals surface area contributed by atoms with E-state index in [0.717, 1.165) is 0 Å². The third-order valence-corrected chi connectivity index (χ3v) is 4.72. The number of halogens is 4. The fraction of sp³-hybridized carbons (Fsp3) is 0.800. The van der Waals surface area contributed by atoms with Crippen LogP contribution in [0.25, 0.3) is 0 Å². The van der Waals surface area contributed by atoms with Gasteiger partial charge < -0.3 is 0 Å². The summed E-state index contributed by atoms with van der Waals surface area (Å²) >= 11 is 22.4. The molecule has 0 saturated carbocycles. The van der Waals surface area contributed by atoms with Gasteiger partial charge in [0.05, 0.1) is 10.8 Å². The number of carbonyl (C=O) groups excluding carboxylic acids is 2. The average Bonchev–Trinajstić information content (AvgIpc) is 2.42. The van der Waals surface area contributed by atoms with Crippen LogP contribution in [0.15, 0.2) is 0 Å². The van der Waals surface area contributed by atoms with Gasteiger partial charge in [-0.3, -0.25) is 0 Å². The number of carbonyl (C=O) groups is 2. The second kappa shape index (κ2) is 7.63. The lowest BCUT2D eigenvalue weighted by molar-refractivity contribution is -0.270. The zero-order valence-electron chi connectivity index (χ0n) is 9.97. The molecule has 0 atom stereocenters. The molecule has 0 unspecified atom stereocenters. The van der Waals surface area contributed by atoms with E-state index in [1.54, 1.807) is 0 Å². The molecule has 0 saturated heterocycles. The average molecular weight is 340 g/mol. The maximum absolute atomic E-state index is 11.6. The Kier molecular flexibility index (Phi) is 7.67. The molecule has 4 nitrogen and oxygen atoms in total. The SMILES string of the molecule is CC(CCl)(CCl)C(=O)OOC(=O)C(C)(CCl)CCl. The summed E-state index contributed by atoms with van der Waals surface area (Å²) in [5.41, 5.74) is -2.25. The number of hydrogen-bond acceptors (Lipinski definition) is 4. The van der Waals surface area contributed by atoms with Gasteiger partial charge in [-0.25, -0.2) is 19.4 Å². The molecule has 0 aliphatic heterocycles. The van der Waals surface area contributed by atoms with Crippen LogP contribution in [0.2, 0.25) is 0 Å². The first kappa shape index (κ1) is 18.1. The number of alkyl halides is 4. The molecule has 0 radical (unpaired) electrons. The largest absolute Gasteiger partial charge is 0.363 e. The Bertz CT molecular complexity index is 270. The van der Waals surface area contributed by atoms with Crippen molar-refractivity contribution >= 4 is 58.3 Å². The van der Waals surface area contributed by atoms with E-state index in [0.29, 0.717) is 0 Å². The molecule has 18 heavy (non-hydrogen) atoms. The van der Waals surface area contributed by atoms with E-state index in [9.17, 15) is 9.59 Å². The van der Waals surface area contributed by atoms with Crippen molar-refractivity contribution in [3.63, 3.8) is 0 Å². The van der Waals surface area contributed by atoms with Crippen molar-refractivity contribution in [2.45, 2.75) is 13.8 Å². The Labute approximate surface area is 126 Å².